The summed E-state index contributed by atoms with van der Waals surface area (Å²) in [7, 11) is 0. The van der Waals surface area contributed by atoms with Gasteiger partial charge >= 0.3 is 5.97 Å². The second-order valence-electron chi connectivity index (χ2n) is 4.22. The smallest absolute Gasteiger partial charge is 0.336 e. The zero-order valence-corrected chi connectivity index (χ0v) is 11.4. The lowest BCUT2D eigenvalue weighted by Crippen LogP contribution is -1.99. The summed E-state index contributed by atoms with van der Waals surface area (Å²) in [6.45, 7) is 0. The Kier molecular flexibility index (Phi) is 4.35. The van der Waals surface area contributed by atoms with Gasteiger partial charge < -0.3 is 5.11 Å². The van der Waals surface area contributed by atoms with E-state index in [1.807, 2.05) is 0 Å². The molecule has 1 N–H and O–H groups in total. The van der Waals surface area contributed by atoms with Crippen molar-refractivity contribution in [1.82, 2.24) is 0 Å². The Labute approximate surface area is 125 Å². The van der Waals surface area contributed by atoms with E-state index >= 15 is 0 Å². The third-order valence-corrected chi connectivity index (χ3v) is 3.02. The quantitative estimate of drug-likeness (QED) is 0.402. The van der Waals surface area contributed by atoms with Crippen LogP contribution in [-0.2, 0) is 4.79 Å². The van der Waals surface area contributed by atoms with Gasteiger partial charge in [-0.3, -0.25) is 10.1 Å². The van der Waals surface area contributed by atoms with Crippen molar-refractivity contribution in [2.75, 3.05) is 0 Å². The van der Waals surface area contributed by atoms with Crippen LogP contribution >= 0.6 is 11.6 Å². The molecule has 0 aliphatic carbocycles. The molecular formula is C15H10ClNO4. The number of hydrogen-bond acceptors (Lipinski definition) is 3. The zero-order valence-electron chi connectivity index (χ0n) is 10.7. The maximum atomic E-state index is 11.4. The van der Waals surface area contributed by atoms with Crippen LogP contribution in [0.4, 0.5) is 5.69 Å². The number of halogens is 1. The van der Waals surface area contributed by atoms with Gasteiger partial charge in [0.25, 0.3) is 5.69 Å². The molecular weight excluding hydrogens is 294 g/mol. The molecule has 2 aromatic carbocycles. The fraction of sp³-hybridized carbons (Fsp3) is 0. The molecule has 21 heavy (non-hydrogen) atoms. The summed E-state index contributed by atoms with van der Waals surface area (Å²) in [5, 5.41) is 20.3. The molecule has 2 aromatic rings. The van der Waals surface area contributed by atoms with Gasteiger partial charge in [-0.15, -0.1) is 0 Å². The summed E-state index contributed by atoms with van der Waals surface area (Å²) in [4.78, 5) is 21.4. The number of nitrogens with zero attached hydrogens (tertiary/aromatic N) is 1. The van der Waals surface area contributed by atoms with Crippen LogP contribution in [0.1, 0.15) is 11.1 Å². The number of non-ortho nitro benzene ring substituents is 1. The number of hydrogen-bond donors (Lipinski definition) is 1. The Morgan fingerprint density at radius 1 is 1.19 bits per heavy atom. The minimum absolute atomic E-state index is 0.0493. The van der Waals surface area contributed by atoms with Gasteiger partial charge in [-0.1, -0.05) is 23.7 Å². The molecule has 0 amide bonds. The Morgan fingerprint density at radius 2 is 1.86 bits per heavy atom. The van der Waals surface area contributed by atoms with Crippen LogP contribution in [-0.4, -0.2) is 16.0 Å². The maximum absolute atomic E-state index is 11.4. The Balaban J connectivity index is 2.42. The van der Waals surface area contributed by atoms with Gasteiger partial charge in [-0.25, -0.2) is 4.79 Å². The van der Waals surface area contributed by atoms with Crippen molar-refractivity contribution >= 4 is 34.9 Å². The van der Waals surface area contributed by atoms with Gasteiger partial charge in [0, 0.05) is 17.2 Å². The van der Waals surface area contributed by atoms with E-state index < -0.39 is 10.9 Å². The number of aliphatic carboxylic acids is 1. The fourth-order valence-corrected chi connectivity index (χ4v) is 1.97. The maximum Gasteiger partial charge on any atom is 0.336 e. The average Bonchev–Trinajstić information content (AvgIpc) is 2.45. The number of carboxylic acid groups (broad SMARTS) is 1. The summed E-state index contributed by atoms with van der Waals surface area (Å²) in [5.74, 6) is -1.10. The summed E-state index contributed by atoms with van der Waals surface area (Å²) in [5.41, 5.74) is 1.03. The second kappa shape index (κ2) is 6.19. The molecule has 0 unspecified atom stereocenters. The lowest BCUT2D eigenvalue weighted by atomic mass is 10.0. The van der Waals surface area contributed by atoms with E-state index in [0.29, 0.717) is 16.1 Å². The van der Waals surface area contributed by atoms with Gasteiger partial charge in [0.15, 0.2) is 0 Å². The van der Waals surface area contributed by atoms with Crippen molar-refractivity contribution in [1.29, 1.82) is 0 Å². The fourth-order valence-electron chi connectivity index (χ4n) is 1.78. The average molecular weight is 304 g/mol. The van der Waals surface area contributed by atoms with Crippen molar-refractivity contribution in [2.24, 2.45) is 0 Å². The highest BCUT2D eigenvalue weighted by molar-refractivity contribution is 6.31. The molecule has 6 heteroatoms. The first-order valence-electron chi connectivity index (χ1n) is 5.93. The Bertz CT molecular complexity index is 723. The van der Waals surface area contributed by atoms with Crippen molar-refractivity contribution in [3.63, 3.8) is 0 Å². The molecule has 2 rings (SSSR count). The Morgan fingerprint density at radius 3 is 2.38 bits per heavy atom. The lowest BCUT2D eigenvalue weighted by Gasteiger charge is -2.04. The van der Waals surface area contributed by atoms with Gasteiger partial charge in [0.2, 0.25) is 0 Å². The third-order valence-electron chi connectivity index (χ3n) is 2.78. The van der Waals surface area contributed by atoms with E-state index in [9.17, 15) is 20.0 Å². The molecule has 0 radical (unpaired) electrons. The van der Waals surface area contributed by atoms with Crippen LogP contribution in [0.25, 0.3) is 11.6 Å². The first-order valence-corrected chi connectivity index (χ1v) is 6.30. The van der Waals surface area contributed by atoms with Crippen LogP contribution in [0.5, 0.6) is 0 Å². The summed E-state index contributed by atoms with van der Waals surface area (Å²) >= 11 is 5.86. The molecule has 0 saturated heterocycles. The van der Waals surface area contributed by atoms with E-state index in [2.05, 4.69) is 0 Å². The molecule has 0 aliphatic heterocycles. The van der Waals surface area contributed by atoms with E-state index in [-0.39, 0.29) is 11.3 Å². The monoisotopic (exact) mass is 303 g/mol. The van der Waals surface area contributed by atoms with Crippen LogP contribution in [0.2, 0.25) is 5.02 Å². The molecule has 0 fully saturated rings. The van der Waals surface area contributed by atoms with E-state index in [1.165, 1.54) is 30.3 Å². The SMILES string of the molecule is O=C(O)/C(=C\c1ccc([N+](=O)[O-])cc1)c1cccc(Cl)c1. The molecule has 106 valence electrons. The third kappa shape index (κ3) is 3.67. The van der Waals surface area contributed by atoms with Gasteiger partial charge in [-0.05, 0) is 41.5 Å². The molecule has 0 saturated carbocycles. The molecule has 5 nitrogen and oxygen atoms in total. The topological polar surface area (TPSA) is 80.4 Å². The highest BCUT2D eigenvalue weighted by Gasteiger charge is 2.11. The number of carboxylic acids is 1. The summed E-state index contributed by atoms with van der Waals surface area (Å²) in [6, 6.07) is 12.1. The van der Waals surface area contributed by atoms with Gasteiger partial charge in [-0.2, -0.15) is 0 Å². The van der Waals surface area contributed by atoms with Crippen LogP contribution in [0.15, 0.2) is 48.5 Å². The first-order chi connectivity index (χ1) is 9.97. The number of benzene rings is 2. The normalized spacial score (nSPS) is 11.2. The van der Waals surface area contributed by atoms with E-state index in [4.69, 9.17) is 11.6 Å². The van der Waals surface area contributed by atoms with Crippen LogP contribution in [0, 0.1) is 10.1 Å². The predicted molar refractivity (Wildman–Crippen MR) is 80.1 cm³/mol. The predicted octanol–water partition coefficient (Wildman–Crippen LogP) is 3.87. The standard InChI is InChI=1S/C15H10ClNO4/c16-12-3-1-2-11(9-12)14(15(18)19)8-10-4-6-13(7-5-10)17(20)21/h1-9H,(H,18,19)/b14-8-. The van der Waals surface area contributed by atoms with Gasteiger partial charge in [0.05, 0.1) is 10.5 Å². The Hall–Kier alpha value is -2.66. The van der Waals surface area contributed by atoms with Crippen molar-refractivity contribution in [3.05, 3.63) is 74.8 Å². The van der Waals surface area contributed by atoms with Crippen molar-refractivity contribution < 1.29 is 14.8 Å². The molecule has 0 spiro atoms. The van der Waals surface area contributed by atoms with Crippen molar-refractivity contribution in [2.45, 2.75) is 0 Å². The first kappa shape index (κ1) is 14.7. The molecule has 0 heterocycles. The zero-order chi connectivity index (χ0) is 15.4. The highest BCUT2D eigenvalue weighted by atomic mass is 35.5. The van der Waals surface area contributed by atoms with Crippen molar-refractivity contribution in [3.8, 4) is 0 Å². The molecule has 0 aromatic heterocycles. The number of rotatable bonds is 4. The molecule has 0 atom stereocenters. The lowest BCUT2D eigenvalue weighted by molar-refractivity contribution is -0.384. The van der Waals surface area contributed by atoms with E-state index in [1.54, 1.807) is 24.3 Å². The minimum atomic E-state index is -1.10. The summed E-state index contributed by atoms with van der Waals surface area (Å²) in [6.07, 6.45) is 1.44. The summed E-state index contributed by atoms with van der Waals surface area (Å²) < 4.78 is 0. The number of nitro groups is 1. The molecule has 0 bridgehead atoms. The minimum Gasteiger partial charge on any atom is -0.478 e. The second-order valence-corrected chi connectivity index (χ2v) is 4.66. The van der Waals surface area contributed by atoms with Crippen LogP contribution < -0.4 is 0 Å². The molecule has 0 aliphatic rings. The van der Waals surface area contributed by atoms with E-state index in [0.717, 1.165) is 0 Å². The number of nitro benzene ring substituents is 1. The largest absolute Gasteiger partial charge is 0.478 e. The highest BCUT2D eigenvalue weighted by Crippen LogP contribution is 2.22. The number of carbonyl (C=O) groups is 1. The van der Waals surface area contributed by atoms with Crippen LogP contribution in [0.3, 0.4) is 0 Å². The van der Waals surface area contributed by atoms with Gasteiger partial charge in [0.1, 0.15) is 0 Å².